The summed E-state index contributed by atoms with van der Waals surface area (Å²) in [5, 5.41) is 0. The molecule has 0 aliphatic carbocycles. The zero-order valence-corrected chi connectivity index (χ0v) is 13.4. The van der Waals surface area contributed by atoms with Crippen molar-refractivity contribution in [2.75, 3.05) is 0 Å². The fraction of sp³-hybridized carbons (Fsp3) is 1.00. The van der Waals surface area contributed by atoms with Crippen molar-refractivity contribution in [1.82, 2.24) is 0 Å². The maximum absolute atomic E-state index is 11.8. The molecule has 17 heavy (non-hydrogen) atoms. The summed E-state index contributed by atoms with van der Waals surface area (Å²) in [4.78, 5) is 19.3. The van der Waals surface area contributed by atoms with Crippen LogP contribution < -0.4 is 0 Å². The minimum Gasteiger partial charge on any atom is -0.324 e. The van der Waals surface area contributed by atoms with E-state index < -0.39 is 13.3 Å². The van der Waals surface area contributed by atoms with E-state index in [9.17, 15) is 14.4 Å². The highest BCUT2D eigenvalue weighted by Gasteiger charge is 2.45. The van der Waals surface area contributed by atoms with E-state index in [4.69, 9.17) is 0 Å². The molecular weight excluding hydrogens is 235 g/mol. The Morgan fingerprint density at radius 1 is 0.824 bits per heavy atom. The van der Waals surface area contributed by atoms with E-state index >= 15 is 0 Å². The lowest BCUT2D eigenvalue weighted by molar-refractivity contribution is 0.143. The second-order valence-electron chi connectivity index (χ2n) is 7.39. The van der Waals surface area contributed by atoms with Crippen LogP contribution in [0.1, 0.15) is 55.4 Å². The highest BCUT2D eigenvalue weighted by atomic mass is 31.2. The van der Waals surface area contributed by atoms with Gasteiger partial charge in [0.2, 0.25) is 0 Å². The van der Waals surface area contributed by atoms with E-state index in [1.807, 2.05) is 55.4 Å². The first kappa shape index (κ1) is 17.2. The van der Waals surface area contributed by atoms with Crippen molar-refractivity contribution in [3.63, 3.8) is 0 Å². The Balaban J connectivity index is 5.40. The zero-order valence-electron chi connectivity index (χ0n) is 12.5. The van der Waals surface area contributed by atoms with Gasteiger partial charge < -0.3 is 9.79 Å². The summed E-state index contributed by atoms with van der Waals surface area (Å²) in [5.74, 6) is -0.0601. The van der Waals surface area contributed by atoms with Gasteiger partial charge in [0, 0.05) is 0 Å². The molecule has 0 bridgehead atoms. The fourth-order valence-electron chi connectivity index (χ4n) is 2.04. The molecule has 0 spiro atoms. The molecule has 0 aliphatic heterocycles. The molecule has 0 rings (SSSR count). The van der Waals surface area contributed by atoms with Crippen molar-refractivity contribution < 1.29 is 14.4 Å². The van der Waals surface area contributed by atoms with Gasteiger partial charge in [0.05, 0.1) is 5.66 Å². The first-order chi connectivity index (χ1) is 7.19. The Morgan fingerprint density at radius 3 is 1.18 bits per heavy atom. The Morgan fingerprint density at radius 2 is 1.06 bits per heavy atom. The minimum absolute atomic E-state index is 0.0300. The Kier molecular flexibility index (Phi) is 5.07. The topological polar surface area (TPSA) is 57.5 Å². The lowest BCUT2D eigenvalue weighted by Gasteiger charge is -2.42. The molecule has 0 aromatic rings. The second kappa shape index (κ2) is 5.03. The van der Waals surface area contributed by atoms with E-state index in [1.165, 1.54) is 0 Å². The molecule has 104 valence electrons. The predicted molar refractivity (Wildman–Crippen MR) is 73.1 cm³/mol. The third-order valence-corrected chi connectivity index (χ3v) is 5.82. The van der Waals surface area contributed by atoms with Crippen molar-refractivity contribution in [3.8, 4) is 0 Å². The summed E-state index contributed by atoms with van der Waals surface area (Å²) in [6.45, 7) is 16.1. The van der Waals surface area contributed by atoms with Gasteiger partial charge in [-0.15, -0.1) is 0 Å². The largest absolute Gasteiger partial charge is 0.329 e. The van der Waals surface area contributed by atoms with Gasteiger partial charge in [0.1, 0.15) is 0 Å². The molecule has 2 N–H and O–H groups in total. The molecule has 0 amide bonds. The molecule has 0 aromatic carbocycles. The third kappa shape index (κ3) is 4.73. The summed E-state index contributed by atoms with van der Waals surface area (Å²) < 4.78 is 11.8. The Labute approximate surface area is 106 Å². The summed E-state index contributed by atoms with van der Waals surface area (Å²) in [6, 6.07) is 0. The smallest absolute Gasteiger partial charge is 0.324 e. The Hall–Kier alpha value is 0.150. The molecule has 0 aromatic heterocycles. The molecule has 0 heterocycles. The van der Waals surface area contributed by atoms with E-state index in [2.05, 4.69) is 0 Å². The summed E-state index contributed by atoms with van der Waals surface area (Å²) in [7, 11) is -4.08. The average molecular weight is 264 g/mol. The molecule has 3 nitrogen and oxygen atoms in total. The first-order valence-electron chi connectivity index (χ1n) is 6.24. The summed E-state index contributed by atoms with van der Waals surface area (Å²) in [5.41, 5.74) is -0.793. The number of hydrogen-bond acceptors (Lipinski definition) is 1. The minimum atomic E-state index is -4.08. The highest BCUT2D eigenvalue weighted by molar-refractivity contribution is 7.52. The van der Waals surface area contributed by atoms with E-state index in [0.717, 1.165) is 0 Å². The van der Waals surface area contributed by atoms with Crippen LogP contribution in [-0.2, 0) is 4.57 Å². The lowest BCUT2D eigenvalue weighted by Crippen LogP contribution is -2.39. The van der Waals surface area contributed by atoms with Crippen LogP contribution in [0.3, 0.4) is 0 Å². The number of hydrogen-bond donors (Lipinski definition) is 2. The van der Waals surface area contributed by atoms with Crippen LogP contribution in [0.2, 0.25) is 0 Å². The molecular formula is C13H29O3P. The van der Waals surface area contributed by atoms with Gasteiger partial charge in [0.25, 0.3) is 0 Å². The third-order valence-electron chi connectivity index (χ3n) is 4.14. The van der Waals surface area contributed by atoms with Gasteiger partial charge in [-0.05, 0) is 22.7 Å². The predicted octanol–water partition coefficient (Wildman–Crippen LogP) is 3.90. The SMILES string of the molecule is CC(C(C(C)C(C)(C)C)P(=O)(O)O)C(C)(C)C. The molecule has 0 radical (unpaired) electrons. The van der Waals surface area contributed by atoms with Crippen LogP contribution in [0.25, 0.3) is 0 Å². The van der Waals surface area contributed by atoms with Crippen molar-refractivity contribution in [2.45, 2.75) is 61.0 Å². The van der Waals surface area contributed by atoms with E-state index in [-0.39, 0.29) is 22.7 Å². The van der Waals surface area contributed by atoms with Crippen molar-refractivity contribution in [1.29, 1.82) is 0 Å². The maximum Gasteiger partial charge on any atom is 0.329 e. The summed E-state index contributed by atoms with van der Waals surface area (Å²) in [6.07, 6.45) is 0. The zero-order chi connectivity index (χ0) is 14.2. The van der Waals surface area contributed by atoms with Crippen molar-refractivity contribution >= 4 is 7.60 Å². The maximum atomic E-state index is 11.8. The first-order valence-corrected chi connectivity index (χ1v) is 7.92. The molecule has 4 heteroatoms. The summed E-state index contributed by atoms with van der Waals surface area (Å²) >= 11 is 0. The van der Waals surface area contributed by atoms with Gasteiger partial charge in [0.15, 0.2) is 0 Å². The van der Waals surface area contributed by atoms with E-state index in [1.54, 1.807) is 0 Å². The molecule has 0 fully saturated rings. The van der Waals surface area contributed by atoms with Crippen molar-refractivity contribution in [2.24, 2.45) is 22.7 Å². The van der Waals surface area contributed by atoms with Crippen LogP contribution in [0.15, 0.2) is 0 Å². The molecule has 2 atom stereocenters. The molecule has 0 saturated carbocycles. The quantitative estimate of drug-likeness (QED) is 0.760. The van der Waals surface area contributed by atoms with Gasteiger partial charge in [-0.1, -0.05) is 55.4 Å². The molecule has 0 aliphatic rings. The fourth-order valence-corrected chi connectivity index (χ4v) is 4.10. The van der Waals surface area contributed by atoms with E-state index in [0.29, 0.717) is 0 Å². The van der Waals surface area contributed by atoms with Crippen LogP contribution in [0.4, 0.5) is 0 Å². The normalized spacial score (nSPS) is 19.9. The van der Waals surface area contributed by atoms with Gasteiger partial charge in [-0.2, -0.15) is 0 Å². The lowest BCUT2D eigenvalue weighted by atomic mass is 9.70. The van der Waals surface area contributed by atoms with Crippen LogP contribution in [0, 0.1) is 22.7 Å². The monoisotopic (exact) mass is 264 g/mol. The van der Waals surface area contributed by atoms with Gasteiger partial charge in [-0.3, -0.25) is 4.57 Å². The van der Waals surface area contributed by atoms with Crippen molar-refractivity contribution in [3.05, 3.63) is 0 Å². The van der Waals surface area contributed by atoms with Gasteiger partial charge in [-0.25, -0.2) is 0 Å². The van der Waals surface area contributed by atoms with Gasteiger partial charge >= 0.3 is 7.60 Å². The Bertz CT molecular complexity index is 273. The highest BCUT2D eigenvalue weighted by Crippen LogP contribution is 2.55. The van der Waals surface area contributed by atoms with Crippen LogP contribution in [-0.4, -0.2) is 15.4 Å². The standard InChI is InChI=1S/C13H29O3P/c1-9(12(3,4)5)11(17(14,15)16)10(2)13(6,7)8/h9-11H,1-8H3,(H2,14,15,16). The molecule has 2 unspecified atom stereocenters. The number of rotatable bonds is 3. The van der Waals surface area contributed by atoms with Crippen LogP contribution >= 0.6 is 7.60 Å². The average Bonchev–Trinajstić information content (AvgIpc) is 1.97. The van der Waals surface area contributed by atoms with Crippen LogP contribution in [0.5, 0.6) is 0 Å². The molecule has 0 saturated heterocycles. The second-order valence-corrected chi connectivity index (χ2v) is 9.16.